The van der Waals surface area contributed by atoms with Crippen LogP contribution in [0.4, 0.5) is 10.1 Å². The predicted molar refractivity (Wildman–Crippen MR) is 99.0 cm³/mol. The average Bonchev–Trinajstić information content (AvgIpc) is 2.49. The molecule has 0 radical (unpaired) electrons. The number of anilines is 1. The second-order valence-electron chi connectivity index (χ2n) is 6.51. The van der Waals surface area contributed by atoms with Crippen LogP contribution in [0, 0.1) is 5.82 Å². The SMILES string of the molecule is CC1(C)CC(NC(=O)c2cc(Cl)ccc2F)c2cc(N)ccc2O1.Cl. The quantitative estimate of drug-likeness (QED) is 0.748. The predicted octanol–water partition coefficient (Wildman–Crippen LogP) is 4.52. The lowest BCUT2D eigenvalue weighted by Gasteiger charge is -2.38. The Bertz CT molecular complexity index is 812. The first-order valence-electron chi connectivity index (χ1n) is 7.59. The van der Waals surface area contributed by atoms with Gasteiger partial charge < -0.3 is 15.8 Å². The van der Waals surface area contributed by atoms with Gasteiger partial charge in [0.05, 0.1) is 11.6 Å². The summed E-state index contributed by atoms with van der Waals surface area (Å²) in [7, 11) is 0. The van der Waals surface area contributed by atoms with Gasteiger partial charge in [0.1, 0.15) is 17.2 Å². The van der Waals surface area contributed by atoms with Crippen LogP contribution in [-0.2, 0) is 0 Å². The third-order valence-corrected chi connectivity index (χ3v) is 4.20. The van der Waals surface area contributed by atoms with E-state index in [-0.39, 0.29) is 24.0 Å². The Morgan fingerprint density at radius 2 is 2.04 bits per heavy atom. The van der Waals surface area contributed by atoms with Crippen LogP contribution in [0.1, 0.15) is 42.2 Å². The van der Waals surface area contributed by atoms with Crippen LogP contribution < -0.4 is 15.8 Å². The van der Waals surface area contributed by atoms with E-state index >= 15 is 0 Å². The number of nitrogens with one attached hydrogen (secondary N) is 1. The molecule has 1 unspecified atom stereocenters. The third-order valence-electron chi connectivity index (χ3n) is 3.97. The smallest absolute Gasteiger partial charge is 0.254 e. The van der Waals surface area contributed by atoms with E-state index in [4.69, 9.17) is 22.1 Å². The lowest BCUT2D eigenvalue weighted by atomic mass is 9.89. The zero-order valence-electron chi connectivity index (χ0n) is 13.8. The number of amides is 1. The van der Waals surface area contributed by atoms with Crippen molar-refractivity contribution in [2.24, 2.45) is 0 Å². The Kier molecular flexibility index (Phi) is 5.49. The number of nitrogen functional groups attached to an aromatic ring is 1. The highest BCUT2D eigenvalue weighted by atomic mass is 35.5. The van der Waals surface area contributed by atoms with Crippen LogP contribution in [-0.4, -0.2) is 11.5 Å². The molecule has 7 heteroatoms. The summed E-state index contributed by atoms with van der Waals surface area (Å²) in [6.07, 6.45) is 0.539. The Balaban J connectivity index is 0.00000225. The summed E-state index contributed by atoms with van der Waals surface area (Å²) in [4.78, 5) is 12.5. The number of fused-ring (bicyclic) bond motifs is 1. The first-order chi connectivity index (χ1) is 11.2. The summed E-state index contributed by atoms with van der Waals surface area (Å²) in [5.74, 6) is -0.473. The molecule has 2 aromatic carbocycles. The van der Waals surface area contributed by atoms with Crippen molar-refractivity contribution in [2.75, 3.05) is 5.73 Å². The first kappa shape index (κ1) is 19.3. The number of rotatable bonds is 2. The summed E-state index contributed by atoms with van der Waals surface area (Å²) in [5, 5.41) is 3.17. The van der Waals surface area contributed by atoms with Crippen LogP contribution in [0.25, 0.3) is 0 Å². The van der Waals surface area contributed by atoms with E-state index in [0.29, 0.717) is 22.9 Å². The highest BCUT2D eigenvalue weighted by Crippen LogP contribution is 2.40. The molecule has 3 N–H and O–H groups in total. The van der Waals surface area contributed by atoms with Gasteiger partial charge in [-0.25, -0.2) is 4.39 Å². The molecule has 1 amide bonds. The minimum atomic E-state index is -0.615. The van der Waals surface area contributed by atoms with Gasteiger partial charge in [0.25, 0.3) is 5.91 Å². The third kappa shape index (κ3) is 4.17. The van der Waals surface area contributed by atoms with Crippen molar-refractivity contribution in [1.29, 1.82) is 0 Å². The molecule has 1 aliphatic rings. The summed E-state index contributed by atoms with van der Waals surface area (Å²) < 4.78 is 19.9. The lowest BCUT2D eigenvalue weighted by Crippen LogP contribution is -2.41. The van der Waals surface area contributed by atoms with E-state index in [0.717, 1.165) is 5.56 Å². The van der Waals surface area contributed by atoms with Crippen molar-refractivity contribution in [2.45, 2.75) is 31.9 Å². The van der Waals surface area contributed by atoms with Crippen LogP contribution in [0.15, 0.2) is 36.4 Å². The van der Waals surface area contributed by atoms with Gasteiger partial charge in [-0.05, 0) is 50.2 Å². The molecule has 0 aliphatic carbocycles. The molecule has 4 nitrogen and oxygen atoms in total. The van der Waals surface area contributed by atoms with Crippen molar-refractivity contribution in [3.63, 3.8) is 0 Å². The van der Waals surface area contributed by atoms with Gasteiger partial charge in [-0.2, -0.15) is 0 Å². The fourth-order valence-corrected chi connectivity index (χ4v) is 3.08. The second kappa shape index (κ2) is 7.10. The molecule has 2 aromatic rings. The normalized spacial score (nSPS) is 17.7. The van der Waals surface area contributed by atoms with E-state index < -0.39 is 17.3 Å². The molecular weight excluding hydrogens is 366 g/mol. The number of ether oxygens (including phenoxy) is 1. The van der Waals surface area contributed by atoms with Crippen molar-refractivity contribution in [3.05, 3.63) is 58.4 Å². The van der Waals surface area contributed by atoms with Crippen LogP contribution in [0.2, 0.25) is 5.02 Å². The maximum absolute atomic E-state index is 13.9. The number of halogens is 3. The molecule has 0 saturated heterocycles. The second-order valence-corrected chi connectivity index (χ2v) is 6.95. The molecule has 0 spiro atoms. The Labute approximate surface area is 156 Å². The topological polar surface area (TPSA) is 64.4 Å². The number of benzene rings is 2. The molecule has 0 aromatic heterocycles. The van der Waals surface area contributed by atoms with Crippen molar-refractivity contribution >= 4 is 35.6 Å². The number of nitrogens with two attached hydrogens (primary N) is 1. The molecule has 0 fully saturated rings. The zero-order chi connectivity index (χ0) is 17.5. The highest BCUT2D eigenvalue weighted by Gasteiger charge is 2.35. The van der Waals surface area contributed by atoms with Gasteiger partial charge in [0, 0.05) is 22.7 Å². The van der Waals surface area contributed by atoms with Gasteiger partial charge in [-0.3, -0.25) is 4.79 Å². The summed E-state index contributed by atoms with van der Waals surface area (Å²) in [6.45, 7) is 3.87. The Morgan fingerprint density at radius 1 is 1.32 bits per heavy atom. The standard InChI is InChI=1S/C18H18ClFN2O2.ClH/c1-18(2)9-15(13-8-11(21)4-6-16(13)24-18)22-17(23)12-7-10(19)3-5-14(12)20;/h3-8,15H,9,21H2,1-2H3,(H,22,23);1H. The van der Waals surface area contributed by atoms with Crippen molar-refractivity contribution in [3.8, 4) is 5.75 Å². The molecule has 1 atom stereocenters. The number of carbonyl (C=O) groups excluding carboxylic acids is 1. The summed E-state index contributed by atoms with van der Waals surface area (Å²) in [5.41, 5.74) is 6.66. The average molecular weight is 385 g/mol. The van der Waals surface area contributed by atoms with Crippen LogP contribution in [0.5, 0.6) is 5.75 Å². The molecule has 25 heavy (non-hydrogen) atoms. The van der Waals surface area contributed by atoms with Gasteiger partial charge in [-0.15, -0.1) is 12.4 Å². The molecule has 0 bridgehead atoms. The molecule has 134 valence electrons. The van der Waals surface area contributed by atoms with Gasteiger partial charge in [0.2, 0.25) is 0 Å². The fourth-order valence-electron chi connectivity index (χ4n) is 2.91. The minimum Gasteiger partial charge on any atom is -0.487 e. The first-order valence-corrected chi connectivity index (χ1v) is 7.97. The van der Waals surface area contributed by atoms with Crippen molar-refractivity contribution < 1.29 is 13.9 Å². The van der Waals surface area contributed by atoms with E-state index in [9.17, 15) is 9.18 Å². The van der Waals surface area contributed by atoms with Gasteiger partial charge in [0.15, 0.2) is 0 Å². The maximum Gasteiger partial charge on any atom is 0.254 e. The molecule has 1 aliphatic heterocycles. The Morgan fingerprint density at radius 3 is 2.76 bits per heavy atom. The number of hydrogen-bond donors (Lipinski definition) is 2. The maximum atomic E-state index is 13.9. The lowest BCUT2D eigenvalue weighted by molar-refractivity contribution is 0.0619. The fraction of sp³-hybridized carbons (Fsp3) is 0.278. The van der Waals surface area contributed by atoms with Crippen LogP contribution >= 0.6 is 24.0 Å². The van der Waals surface area contributed by atoms with E-state index in [1.165, 1.54) is 18.2 Å². The van der Waals surface area contributed by atoms with E-state index in [1.807, 2.05) is 13.8 Å². The monoisotopic (exact) mass is 384 g/mol. The van der Waals surface area contributed by atoms with E-state index in [1.54, 1.807) is 18.2 Å². The van der Waals surface area contributed by atoms with E-state index in [2.05, 4.69) is 5.32 Å². The molecular formula is C18H19Cl2FN2O2. The molecule has 0 saturated carbocycles. The van der Waals surface area contributed by atoms with Gasteiger partial charge in [-0.1, -0.05) is 11.6 Å². The van der Waals surface area contributed by atoms with Crippen LogP contribution in [0.3, 0.4) is 0 Å². The molecule has 3 rings (SSSR count). The minimum absolute atomic E-state index is 0. The number of carbonyl (C=O) groups is 1. The largest absolute Gasteiger partial charge is 0.487 e. The Hall–Kier alpha value is -1.98. The zero-order valence-corrected chi connectivity index (χ0v) is 15.4. The molecule has 1 heterocycles. The summed E-state index contributed by atoms with van der Waals surface area (Å²) in [6, 6.07) is 8.86. The van der Waals surface area contributed by atoms with Gasteiger partial charge >= 0.3 is 0 Å². The highest BCUT2D eigenvalue weighted by molar-refractivity contribution is 6.31. The van der Waals surface area contributed by atoms with Crippen molar-refractivity contribution in [1.82, 2.24) is 5.32 Å². The number of hydrogen-bond acceptors (Lipinski definition) is 3. The summed E-state index contributed by atoms with van der Waals surface area (Å²) >= 11 is 5.87.